The first-order chi connectivity index (χ1) is 2.00. The van der Waals surface area contributed by atoms with E-state index in [1.54, 1.807) is 0 Å². The molecule has 52 valence electrons. The van der Waals surface area contributed by atoms with Gasteiger partial charge in [0.15, 0.2) is 0 Å². The van der Waals surface area contributed by atoms with Crippen molar-refractivity contribution >= 4 is 7.82 Å². The molecule has 0 saturated heterocycles. The van der Waals surface area contributed by atoms with Crippen LogP contribution in [-0.4, -0.2) is 0 Å². The van der Waals surface area contributed by atoms with Crippen LogP contribution in [0.25, 0.3) is 0 Å². The Balaban J connectivity index is -0.0000000133. The maximum absolute atomic E-state index is 8.55. The molecule has 0 atom stereocenters. The van der Waals surface area contributed by atoms with Gasteiger partial charge >= 0.3 is 35.9 Å². The summed E-state index contributed by atoms with van der Waals surface area (Å²) >= 11 is 0. The molecule has 0 N–H and O–H groups in total. The molecule has 0 amide bonds. The molecule has 0 aromatic heterocycles. The minimum atomic E-state index is -5.39. The average molecular weight is 268 g/mol. The first-order valence-electron chi connectivity index (χ1n) is 0.730. The topological polar surface area (TPSA) is 86.2 Å². The van der Waals surface area contributed by atoms with E-state index in [0.717, 1.165) is 0 Å². The molecule has 2 radical (unpaired) electrons. The Hall–Kier alpha value is 2.27. The van der Waals surface area contributed by atoms with Gasteiger partial charge in [0.1, 0.15) is 0 Å². The summed E-state index contributed by atoms with van der Waals surface area (Å²) < 4.78 is 8.55. The Labute approximate surface area is 96.4 Å². The molecule has 0 aliphatic carbocycles. The summed E-state index contributed by atoms with van der Waals surface area (Å²) in [6.07, 6.45) is 0. The largest absolute Gasteiger partial charge is 2.00 e. The maximum Gasteiger partial charge on any atom is 2.00 e. The fourth-order valence-electron chi connectivity index (χ4n) is 0. The van der Waals surface area contributed by atoms with Crippen LogP contribution in [0.1, 0.15) is 0 Å². The summed E-state index contributed by atoms with van der Waals surface area (Å²) in [6.45, 7) is 0. The van der Waals surface area contributed by atoms with Gasteiger partial charge in [0.05, 0.1) is 0 Å². The van der Waals surface area contributed by atoms with Gasteiger partial charge in [-0.2, -0.15) is 7.82 Å². The summed E-state index contributed by atoms with van der Waals surface area (Å²) in [7, 11) is -5.39. The Morgan fingerprint density at radius 1 is 1.11 bits per heavy atom. The van der Waals surface area contributed by atoms with Crippen molar-refractivity contribution in [1.82, 2.24) is 0 Å². The minimum Gasteiger partial charge on any atom is -0.822 e. The molecule has 0 aliphatic heterocycles. The minimum absolute atomic E-state index is 0. The van der Waals surface area contributed by atoms with Crippen molar-refractivity contribution < 1.29 is 89.3 Å². The molecule has 9 heteroatoms. The monoisotopic (exact) mass is 268 g/mol. The van der Waals surface area contributed by atoms with Gasteiger partial charge in [0, 0.05) is 34.1 Å². The van der Waals surface area contributed by atoms with E-state index in [2.05, 4.69) is 0 Å². The molecule has 0 aromatic rings. The van der Waals surface area contributed by atoms with Gasteiger partial charge in [-0.1, -0.05) is 0 Å². The molecule has 0 rings (SSSR count). The third-order valence-electron chi connectivity index (χ3n) is 0. The summed E-state index contributed by atoms with van der Waals surface area (Å²) in [5.74, 6) is 0. The van der Waals surface area contributed by atoms with Crippen molar-refractivity contribution in [1.29, 1.82) is 0 Å². The molecule has 0 saturated carbocycles. The third-order valence-corrected chi connectivity index (χ3v) is 0. The Bertz CT molecular complexity index is 64.7. The van der Waals surface area contributed by atoms with Crippen LogP contribution < -0.4 is 33.5 Å². The van der Waals surface area contributed by atoms with E-state index in [1.807, 2.05) is 0 Å². The zero-order valence-electron chi connectivity index (χ0n) is 4.19. The van der Waals surface area contributed by atoms with Gasteiger partial charge in [-0.25, -0.2) is 0 Å². The van der Waals surface area contributed by atoms with Gasteiger partial charge in [0.25, 0.3) is 0 Å². The fourth-order valence-corrected chi connectivity index (χ4v) is 0. The predicted molar refractivity (Wildman–Crippen MR) is 7.61 cm³/mol. The molecule has 0 heterocycles. The summed E-state index contributed by atoms with van der Waals surface area (Å²) in [6, 6.07) is 0. The van der Waals surface area contributed by atoms with Crippen LogP contribution in [0.5, 0.6) is 0 Å². The first kappa shape index (κ1) is 30.2. The molecule has 0 bridgehead atoms. The Morgan fingerprint density at radius 3 is 1.11 bits per heavy atom. The second-order valence-electron chi connectivity index (χ2n) is 0.447. The molecular weight excluding hydrogens is 268 g/mol. The summed E-state index contributed by atoms with van der Waals surface area (Å²) in [5.41, 5.74) is 0. The quantitative estimate of drug-likeness (QED) is 0.323. The van der Waals surface area contributed by atoms with Crippen molar-refractivity contribution in [3.05, 3.63) is 0 Å². The van der Waals surface area contributed by atoms with Crippen LogP contribution in [0.15, 0.2) is 0 Å². The average Bonchev–Trinajstić information content (AvgIpc) is 0.722. The van der Waals surface area contributed by atoms with Gasteiger partial charge < -0.3 is 19.2 Å². The van der Waals surface area contributed by atoms with Gasteiger partial charge in [-0.15, -0.1) is 0 Å². The van der Waals surface area contributed by atoms with E-state index in [1.165, 1.54) is 0 Å². The standard InChI is InChI=1S/Fe.Li.2Mn.H3O4P/c;;;;1-5(2,3)4/h;;;;(H3,1,2,3,4)/q;+1;;+2;/p-3. The zero-order valence-corrected chi connectivity index (χ0v) is 8.55. The molecule has 0 fully saturated rings. The third kappa shape index (κ3) is 137. The molecule has 9 heavy (non-hydrogen) atoms. The number of hydrogen-bond donors (Lipinski definition) is 0. The van der Waals surface area contributed by atoms with Crippen molar-refractivity contribution in [3.63, 3.8) is 0 Å². The predicted octanol–water partition coefficient (Wildman–Crippen LogP) is -5.83. The van der Waals surface area contributed by atoms with E-state index < -0.39 is 7.82 Å². The van der Waals surface area contributed by atoms with Gasteiger partial charge in [0.2, 0.25) is 0 Å². The summed E-state index contributed by atoms with van der Waals surface area (Å²) in [5, 5.41) is 0. The maximum atomic E-state index is 8.55. The zero-order chi connectivity index (χ0) is 4.50. The van der Waals surface area contributed by atoms with E-state index in [-0.39, 0.29) is 70.1 Å². The molecule has 0 unspecified atom stereocenters. The van der Waals surface area contributed by atoms with E-state index >= 15 is 0 Å². The second kappa shape index (κ2) is 12.9. The Morgan fingerprint density at radius 2 is 1.11 bits per heavy atom. The SMILES string of the molecule is O=P([O-])([O-])[O-].[Fe].[Li+].[Mn+2].[Mn]. The van der Waals surface area contributed by atoms with Crippen LogP contribution in [0.2, 0.25) is 0 Å². The smallest absolute Gasteiger partial charge is 0.822 e. The second-order valence-corrected chi connectivity index (χ2v) is 1.34. The first-order valence-corrected chi connectivity index (χ1v) is 2.19. The number of phosphoric acid groups is 1. The van der Waals surface area contributed by atoms with Gasteiger partial charge in [-0.3, -0.25) is 0 Å². The van der Waals surface area contributed by atoms with E-state index in [0.29, 0.717) is 0 Å². The van der Waals surface area contributed by atoms with Gasteiger partial charge in [-0.05, 0) is 0 Å². The summed E-state index contributed by atoms with van der Waals surface area (Å²) in [4.78, 5) is 25.6. The normalized spacial score (nSPS) is 6.56. The van der Waals surface area contributed by atoms with Crippen molar-refractivity contribution in [2.24, 2.45) is 0 Å². The fraction of sp³-hybridized carbons (Fsp3) is 0. The van der Waals surface area contributed by atoms with Crippen LogP contribution in [0.4, 0.5) is 0 Å². The van der Waals surface area contributed by atoms with E-state index in [4.69, 9.17) is 19.2 Å². The van der Waals surface area contributed by atoms with Crippen molar-refractivity contribution in [2.75, 3.05) is 0 Å². The Kier molecular flexibility index (Phi) is 43.3. The molecule has 4 nitrogen and oxygen atoms in total. The molecule has 0 spiro atoms. The number of rotatable bonds is 0. The number of hydrogen-bond acceptors (Lipinski definition) is 4. The van der Waals surface area contributed by atoms with E-state index in [9.17, 15) is 0 Å². The van der Waals surface area contributed by atoms with Crippen LogP contribution in [-0.2, 0) is 55.8 Å². The van der Waals surface area contributed by atoms with Crippen molar-refractivity contribution in [2.45, 2.75) is 0 Å². The molecule has 0 aromatic carbocycles. The van der Waals surface area contributed by atoms with Crippen LogP contribution >= 0.6 is 7.82 Å². The van der Waals surface area contributed by atoms with Crippen molar-refractivity contribution in [3.8, 4) is 0 Å². The van der Waals surface area contributed by atoms with Crippen LogP contribution in [0.3, 0.4) is 0 Å². The molecule has 0 aliphatic rings. The van der Waals surface area contributed by atoms with Crippen LogP contribution in [0, 0.1) is 0 Å². The molecular formula is FeLiMn2O4P.